The van der Waals surface area contributed by atoms with Crippen LogP contribution < -0.4 is 10.6 Å². The molecule has 2 heterocycles. The van der Waals surface area contributed by atoms with Crippen LogP contribution in [0.3, 0.4) is 0 Å². The number of esters is 1. The Hall–Kier alpha value is -2.19. The molecule has 6 nitrogen and oxygen atoms in total. The molecule has 2 aromatic carbocycles. The van der Waals surface area contributed by atoms with Gasteiger partial charge in [-0.1, -0.05) is 55.2 Å². The number of carbonyl (C=O) groups excluding carboxylic acids is 2. The quantitative estimate of drug-likeness (QED) is 0.457. The standard InChI is InChI=1S/C27H31Cl2FN2O4/c1-25(2,3)36-23(34)22-20(15-7-6-8-17(29)21(15)30)27(19(32-22)12-26(4,5)13-33)16-10-9-14(28)11-18(16)31-24(27)35/h6-11,19-20,22,32-33H,12-13H2,1-5H3,(H,31,35)/t19-,20-,22+,27+/m0/s1. The van der Waals surface area contributed by atoms with Crippen LogP contribution in [0.5, 0.6) is 0 Å². The van der Waals surface area contributed by atoms with Crippen molar-refractivity contribution in [3.8, 4) is 0 Å². The number of hydrogen-bond donors (Lipinski definition) is 3. The van der Waals surface area contributed by atoms with Crippen LogP contribution in [0.1, 0.15) is 58.1 Å². The van der Waals surface area contributed by atoms with Crippen molar-refractivity contribution in [2.75, 3.05) is 11.9 Å². The number of carbonyl (C=O) groups is 2. The number of ether oxygens (including phenoxy) is 1. The summed E-state index contributed by atoms with van der Waals surface area (Å²) in [5, 5.41) is 16.6. The highest BCUT2D eigenvalue weighted by Crippen LogP contribution is 2.57. The average molecular weight is 537 g/mol. The third-order valence-corrected chi connectivity index (χ3v) is 7.49. The van der Waals surface area contributed by atoms with E-state index in [1.165, 1.54) is 6.07 Å². The molecule has 2 aliphatic heterocycles. The summed E-state index contributed by atoms with van der Waals surface area (Å²) < 4.78 is 21.4. The monoisotopic (exact) mass is 536 g/mol. The van der Waals surface area contributed by atoms with E-state index < -0.39 is 46.2 Å². The number of benzene rings is 2. The number of anilines is 1. The highest BCUT2D eigenvalue weighted by molar-refractivity contribution is 6.31. The van der Waals surface area contributed by atoms with Crippen LogP contribution in [0.2, 0.25) is 10.0 Å². The van der Waals surface area contributed by atoms with Gasteiger partial charge in [0.2, 0.25) is 5.91 Å². The maximum Gasteiger partial charge on any atom is 0.324 e. The molecule has 0 unspecified atom stereocenters. The molecule has 0 bridgehead atoms. The molecule has 3 N–H and O–H groups in total. The maximum atomic E-state index is 15.7. The van der Waals surface area contributed by atoms with Gasteiger partial charge < -0.3 is 15.2 Å². The molecule has 1 saturated heterocycles. The van der Waals surface area contributed by atoms with E-state index in [0.717, 1.165) is 0 Å². The molecule has 2 aromatic rings. The molecule has 194 valence electrons. The van der Waals surface area contributed by atoms with Gasteiger partial charge in [-0.2, -0.15) is 0 Å². The van der Waals surface area contributed by atoms with Crippen molar-refractivity contribution in [2.24, 2.45) is 5.41 Å². The van der Waals surface area contributed by atoms with Crippen molar-refractivity contribution < 1.29 is 23.8 Å². The molecule has 0 aliphatic carbocycles. The summed E-state index contributed by atoms with van der Waals surface area (Å²) in [6.45, 7) is 8.83. The Balaban J connectivity index is 2.01. The molecule has 2 aliphatic rings. The van der Waals surface area contributed by atoms with Crippen LogP contribution in [-0.2, 0) is 19.7 Å². The molecule has 9 heteroatoms. The zero-order valence-electron chi connectivity index (χ0n) is 20.9. The normalized spacial score (nSPS) is 25.7. The number of halogens is 3. The molecule has 4 atom stereocenters. The molecule has 36 heavy (non-hydrogen) atoms. The molecular formula is C27H31Cl2FN2O4. The maximum absolute atomic E-state index is 15.7. The highest BCUT2D eigenvalue weighted by atomic mass is 35.5. The van der Waals surface area contributed by atoms with Gasteiger partial charge >= 0.3 is 5.97 Å². The number of amides is 1. The molecule has 1 fully saturated rings. The van der Waals surface area contributed by atoms with Gasteiger partial charge in [-0.25, -0.2) is 4.39 Å². The first-order valence-corrected chi connectivity index (χ1v) is 12.6. The number of aliphatic hydroxyl groups excluding tert-OH is 1. The first-order valence-electron chi connectivity index (χ1n) is 11.9. The van der Waals surface area contributed by atoms with Crippen LogP contribution >= 0.6 is 23.2 Å². The Bertz CT molecular complexity index is 1210. The summed E-state index contributed by atoms with van der Waals surface area (Å²) in [5.41, 5.74) is -1.60. The number of hydrogen-bond acceptors (Lipinski definition) is 5. The third-order valence-electron chi connectivity index (χ3n) is 6.97. The average Bonchev–Trinajstić information content (AvgIpc) is 3.24. The van der Waals surface area contributed by atoms with E-state index in [4.69, 9.17) is 27.9 Å². The van der Waals surface area contributed by atoms with Gasteiger partial charge in [-0.05, 0) is 61.9 Å². The Kier molecular flexibility index (Phi) is 6.92. The van der Waals surface area contributed by atoms with Crippen molar-refractivity contribution >= 4 is 40.8 Å². The van der Waals surface area contributed by atoms with E-state index in [-0.39, 0.29) is 23.1 Å². The SMILES string of the molecule is CC(C)(CO)C[C@@H]1N[C@@H](C(=O)OC(C)(C)C)[C@H](c2cccc(Cl)c2F)[C@]12C(=O)Nc1cc(Cl)ccc12. The zero-order chi connectivity index (χ0) is 26.6. The number of nitrogens with one attached hydrogen (secondary N) is 2. The first kappa shape index (κ1) is 26.9. The molecule has 1 amide bonds. The minimum absolute atomic E-state index is 0.112. The zero-order valence-corrected chi connectivity index (χ0v) is 22.4. The fraction of sp³-hybridized carbons (Fsp3) is 0.481. The summed E-state index contributed by atoms with van der Waals surface area (Å²) in [6.07, 6.45) is 0.316. The molecule has 4 rings (SSSR count). The Morgan fingerprint density at radius 3 is 2.50 bits per heavy atom. The number of fused-ring (bicyclic) bond motifs is 2. The summed E-state index contributed by atoms with van der Waals surface area (Å²) >= 11 is 12.4. The largest absolute Gasteiger partial charge is 0.459 e. The van der Waals surface area contributed by atoms with Crippen molar-refractivity contribution in [1.82, 2.24) is 5.32 Å². The van der Waals surface area contributed by atoms with E-state index in [0.29, 0.717) is 22.7 Å². The minimum atomic E-state index is -1.40. The van der Waals surface area contributed by atoms with E-state index in [9.17, 15) is 14.7 Å². The van der Waals surface area contributed by atoms with Gasteiger partial charge in [0, 0.05) is 29.3 Å². The Morgan fingerprint density at radius 1 is 1.17 bits per heavy atom. The summed E-state index contributed by atoms with van der Waals surface area (Å²) in [4.78, 5) is 27.6. The second kappa shape index (κ2) is 9.28. The first-order chi connectivity index (χ1) is 16.7. The van der Waals surface area contributed by atoms with Gasteiger partial charge in [0.05, 0.1) is 5.02 Å². The van der Waals surface area contributed by atoms with Crippen LogP contribution in [0, 0.1) is 11.2 Å². The minimum Gasteiger partial charge on any atom is -0.459 e. The third kappa shape index (κ3) is 4.51. The fourth-order valence-corrected chi connectivity index (χ4v) is 5.85. The van der Waals surface area contributed by atoms with Crippen LogP contribution in [0.25, 0.3) is 0 Å². The van der Waals surface area contributed by atoms with E-state index >= 15 is 4.39 Å². The van der Waals surface area contributed by atoms with Crippen molar-refractivity contribution in [2.45, 2.75) is 70.1 Å². The van der Waals surface area contributed by atoms with Crippen LogP contribution in [-0.4, -0.2) is 41.3 Å². The van der Waals surface area contributed by atoms with Crippen LogP contribution in [0.15, 0.2) is 36.4 Å². The van der Waals surface area contributed by atoms with Crippen molar-refractivity contribution in [3.05, 3.63) is 63.4 Å². The van der Waals surface area contributed by atoms with E-state index in [1.54, 1.807) is 51.1 Å². The van der Waals surface area contributed by atoms with Gasteiger partial charge in [0.25, 0.3) is 0 Å². The lowest BCUT2D eigenvalue weighted by Gasteiger charge is -2.38. The molecule has 1 spiro atoms. The second-order valence-electron chi connectivity index (χ2n) is 11.4. The number of rotatable bonds is 5. The van der Waals surface area contributed by atoms with E-state index in [2.05, 4.69) is 10.6 Å². The lowest BCUT2D eigenvalue weighted by Crippen LogP contribution is -2.50. The van der Waals surface area contributed by atoms with Crippen molar-refractivity contribution in [3.63, 3.8) is 0 Å². The topological polar surface area (TPSA) is 87.7 Å². The second-order valence-corrected chi connectivity index (χ2v) is 12.2. The van der Waals surface area contributed by atoms with Gasteiger partial charge in [-0.15, -0.1) is 0 Å². The number of aliphatic hydroxyl groups is 1. The smallest absolute Gasteiger partial charge is 0.324 e. The highest BCUT2D eigenvalue weighted by Gasteiger charge is 2.66. The Morgan fingerprint density at radius 2 is 1.86 bits per heavy atom. The van der Waals surface area contributed by atoms with Gasteiger partial charge in [0.15, 0.2) is 0 Å². The summed E-state index contributed by atoms with van der Waals surface area (Å²) in [5.74, 6) is -2.68. The predicted octanol–water partition coefficient (Wildman–Crippen LogP) is 5.20. The molecule has 0 saturated carbocycles. The summed E-state index contributed by atoms with van der Waals surface area (Å²) in [7, 11) is 0. The van der Waals surface area contributed by atoms with E-state index in [1.807, 2.05) is 13.8 Å². The molecular weight excluding hydrogens is 506 g/mol. The molecule has 0 radical (unpaired) electrons. The van der Waals surface area contributed by atoms with Gasteiger partial charge in [0.1, 0.15) is 22.9 Å². The van der Waals surface area contributed by atoms with Crippen LogP contribution in [0.4, 0.5) is 10.1 Å². The lowest BCUT2D eigenvalue weighted by atomic mass is 9.62. The van der Waals surface area contributed by atoms with Crippen molar-refractivity contribution in [1.29, 1.82) is 0 Å². The van der Waals surface area contributed by atoms with Gasteiger partial charge in [-0.3, -0.25) is 14.9 Å². The fourth-order valence-electron chi connectivity index (χ4n) is 5.50. The summed E-state index contributed by atoms with van der Waals surface area (Å²) in [6, 6.07) is 7.91. The molecule has 0 aromatic heterocycles. The Labute approximate surface area is 220 Å². The predicted molar refractivity (Wildman–Crippen MR) is 138 cm³/mol. The lowest BCUT2D eigenvalue weighted by molar-refractivity contribution is -0.157.